The molecule has 0 heterocycles. The van der Waals surface area contributed by atoms with Crippen molar-refractivity contribution >= 4 is 0 Å². The van der Waals surface area contributed by atoms with Crippen molar-refractivity contribution in [3.05, 3.63) is 23.8 Å². The molecule has 0 aliphatic rings. The topological polar surface area (TPSA) is 30.5 Å². The molecule has 3 heteroatoms. The molecule has 16 heavy (non-hydrogen) atoms. The van der Waals surface area contributed by atoms with Gasteiger partial charge < -0.3 is 14.8 Å². The predicted molar refractivity (Wildman–Crippen MR) is 66.1 cm³/mol. The van der Waals surface area contributed by atoms with Gasteiger partial charge in [-0.15, -0.1) is 0 Å². The van der Waals surface area contributed by atoms with E-state index in [1.807, 2.05) is 40.0 Å². The van der Waals surface area contributed by atoms with E-state index < -0.39 is 0 Å². The highest BCUT2D eigenvalue weighted by molar-refractivity contribution is 5.43. The van der Waals surface area contributed by atoms with Crippen molar-refractivity contribution in [2.45, 2.75) is 33.4 Å². The molecule has 0 atom stereocenters. The smallest absolute Gasteiger partial charge is 0.161 e. The van der Waals surface area contributed by atoms with Crippen LogP contribution in [0.1, 0.15) is 26.3 Å². The molecule has 0 saturated carbocycles. The van der Waals surface area contributed by atoms with Crippen molar-refractivity contribution in [3.8, 4) is 11.5 Å². The molecule has 0 radical (unpaired) electrons. The van der Waals surface area contributed by atoms with Gasteiger partial charge in [-0.1, -0.05) is 6.07 Å². The van der Waals surface area contributed by atoms with Crippen molar-refractivity contribution in [1.29, 1.82) is 0 Å². The fourth-order valence-corrected chi connectivity index (χ4v) is 1.49. The zero-order chi connectivity index (χ0) is 12.0. The summed E-state index contributed by atoms with van der Waals surface area (Å²) in [7, 11) is 1.93. The van der Waals surface area contributed by atoms with E-state index in [0.29, 0.717) is 6.61 Å². The summed E-state index contributed by atoms with van der Waals surface area (Å²) in [5.41, 5.74) is 1.20. The van der Waals surface area contributed by atoms with Crippen molar-refractivity contribution in [2.75, 3.05) is 13.7 Å². The monoisotopic (exact) mass is 223 g/mol. The van der Waals surface area contributed by atoms with Gasteiger partial charge in [0.25, 0.3) is 0 Å². The van der Waals surface area contributed by atoms with E-state index in [-0.39, 0.29) is 6.10 Å². The Balaban J connectivity index is 2.89. The van der Waals surface area contributed by atoms with Gasteiger partial charge in [-0.25, -0.2) is 0 Å². The normalized spacial score (nSPS) is 10.6. The third-order valence-corrected chi connectivity index (χ3v) is 2.05. The van der Waals surface area contributed by atoms with Crippen molar-refractivity contribution in [2.24, 2.45) is 0 Å². The van der Waals surface area contributed by atoms with Gasteiger partial charge in [0, 0.05) is 6.54 Å². The minimum absolute atomic E-state index is 0.161. The molecular formula is C13H21NO2. The van der Waals surface area contributed by atoms with Crippen LogP contribution in [0.3, 0.4) is 0 Å². The molecule has 0 fully saturated rings. The summed E-state index contributed by atoms with van der Waals surface area (Å²) in [6.07, 6.45) is 0.161. The van der Waals surface area contributed by atoms with Crippen LogP contribution < -0.4 is 14.8 Å². The third-order valence-electron chi connectivity index (χ3n) is 2.05. The Morgan fingerprint density at radius 1 is 1.25 bits per heavy atom. The molecule has 0 aliphatic carbocycles. The molecule has 0 aromatic heterocycles. The van der Waals surface area contributed by atoms with E-state index >= 15 is 0 Å². The minimum atomic E-state index is 0.161. The first-order valence-corrected chi connectivity index (χ1v) is 5.74. The van der Waals surface area contributed by atoms with Crippen molar-refractivity contribution < 1.29 is 9.47 Å². The maximum absolute atomic E-state index is 5.69. The second-order valence-corrected chi connectivity index (χ2v) is 3.91. The zero-order valence-corrected chi connectivity index (χ0v) is 10.5. The number of hydrogen-bond acceptors (Lipinski definition) is 3. The molecule has 0 saturated heterocycles. The molecule has 0 bridgehead atoms. The summed E-state index contributed by atoms with van der Waals surface area (Å²) in [5, 5.41) is 3.12. The Kier molecular flexibility index (Phi) is 5.12. The molecule has 0 unspecified atom stereocenters. The van der Waals surface area contributed by atoms with Gasteiger partial charge in [0.1, 0.15) is 0 Å². The van der Waals surface area contributed by atoms with Crippen LogP contribution in [0.25, 0.3) is 0 Å². The summed E-state index contributed by atoms with van der Waals surface area (Å²) in [6, 6.07) is 6.05. The van der Waals surface area contributed by atoms with Crippen LogP contribution in [-0.4, -0.2) is 19.8 Å². The van der Waals surface area contributed by atoms with E-state index in [1.54, 1.807) is 0 Å². The highest BCUT2D eigenvalue weighted by atomic mass is 16.5. The van der Waals surface area contributed by atoms with Crippen molar-refractivity contribution in [3.63, 3.8) is 0 Å². The lowest BCUT2D eigenvalue weighted by molar-refractivity contribution is 0.223. The summed E-state index contributed by atoms with van der Waals surface area (Å²) < 4.78 is 11.3. The molecule has 1 N–H and O–H groups in total. The van der Waals surface area contributed by atoms with Gasteiger partial charge in [0.2, 0.25) is 0 Å². The average molecular weight is 223 g/mol. The van der Waals surface area contributed by atoms with Crippen LogP contribution in [0, 0.1) is 0 Å². The Morgan fingerprint density at radius 2 is 2.00 bits per heavy atom. The van der Waals surface area contributed by atoms with Crippen LogP contribution >= 0.6 is 0 Å². The van der Waals surface area contributed by atoms with E-state index in [2.05, 4.69) is 11.4 Å². The SMILES string of the molecule is CCOc1cc(CNC)ccc1OC(C)C. The minimum Gasteiger partial charge on any atom is -0.490 e. The quantitative estimate of drug-likeness (QED) is 0.804. The second kappa shape index (κ2) is 6.38. The molecule has 1 aromatic carbocycles. The van der Waals surface area contributed by atoms with E-state index in [9.17, 15) is 0 Å². The van der Waals surface area contributed by atoms with Crippen LogP contribution in [0.5, 0.6) is 11.5 Å². The summed E-state index contributed by atoms with van der Waals surface area (Å²) in [4.78, 5) is 0. The zero-order valence-electron chi connectivity index (χ0n) is 10.5. The van der Waals surface area contributed by atoms with E-state index in [4.69, 9.17) is 9.47 Å². The molecule has 0 spiro atoms. The van der Waals surface area contributed by atoms with Gasteiger partial charge >= 0.3 is 0 Å². The second-order valence-electron chi connectivity index (χ2n) is 3.91. The van der Waals surface area contributed by atoms with Crippen LogP contribution in [0.15, 0.2) is 18.2 Å². The maximum atomic E-state index is 5.69. The Labute approximate surface area is 97.8 Å². The largest absolute Gasteiger partial charge is 0.490 e. The molecule has 0 amide bonds. The lowest BCUT2D eigenvalue weighted by atomic mass is 10.2. The number of nitrogens with one attached hydrogen (secondary N) is 1. The van der Waals surface area contributed by atoms with Gasteiger partial charge in [0.15, 0.2) is 11.5 Å². The summed E-state index contributed by atoms with van der Waals surface area (Å²) in [5.74, 6) is 1.64. The van der Waals surface area contributed by atoms with E-state index in [0.717, 1.165) is 18.0 Å². The van der Waals surface area contributed by atoms with Crippen LogP contribution in [0.2, 0.25) is 0 Å². The number of ether oxygens (including phenoxy) is 2. The van der Waals surface area contributed by atoms with Gasteiger partial charge in [-0.05, 0) is 45.5 Å². The first-order chi connectivity index (χ1) is 7.67. The summed E-state index contributed by atoms with van der Waals surface area (Å²) in [6.45, 7) is 7.48. The highest BCUT2D eigenvalue weighted by Gasteiger charge is 2.07. The van der Waals surface area contributed by atoms with Crippen LogP contribution in [0.4, 0.5) is 0 Å². The van der Waals surface area contributed by atoms with Gasteiger partial charge in [-0.3, -0.25) is 0 Å². The van der Waals surface area contributed by atoms with Crippen molar-refractivity contribution in [1.82, 2.24) is 5.32 Å². The van der Waals surface area contributed by atoms with Crippen LogP contribution in [-0.2, 0) is 6.54 Å². The lowest BCUT2D eigenvalue weighted by Crippen LogP contribution is -2.09. The lowest BCUT2D eigenvalue weighted by Gasteiger charge is -2.15. The molecule has 1 rings (SSSR count). The fraction of sp³-hybridized carbons (Fsp3) is 0.538. The molecular weight excluding hydrogens is 202 g/mol. The fourth-order valence-electron chi connectivity index (χ4n) is 1.49. The molecule has 90 valence electrons. The third kappa shape index (κ3) is 3.74. The van der Waals surface area contributed by atoms with E-state index in [1.165, 1.54) is 5.56 Å². The standard InChI is InChI=1S/C13H21NO2/c1-5-15-13-8-11(9-14-4)6-7-12(13)16-10(2)3/h6-8,10,14H,5,9H2,1-4H3. The number of benzene rings is 1. The first kappa shape index (κ1) is 12.8. The summed E-state index contributed by atoms with van der Waals surface area (Å²) >= 11 is 0. The Bertz CT molecular complexity index is 324. The molecule has 3 nitrogen and oxygen atoms in total. The first-order valence-electron chi connectivity index (χ1n) is 5.74. The molecule has 0 aliphatic heterocycles. The highest BCUT2D eigenvalue weighted by Crippen LogP contribution is 2.29. The maximum Gasteiger partial charge on any atom is 0.161 e. The number of hydrogen-bond donors (Lipinski definition) is 1. The Morgan fingerprint density at radius 3 is 2.56 bits per heavy atom. The van der Waals surface area contributed by atoms with Gasteiger partial charge in [0.05, 0.1) is 12.7 Å². The molecule has 1 aromatic rings. The Hall–Kier alpha value is -1.22. The average Bonchev–Trinajstić information content (AvgIpc) is 2.22. The number of rotatable bonds is 6. The predicted octanol–water partition coefficient (Wildman–Crippen LogP) is 2.59. The van der Waals surface area contributed by atoms with Gasteiger partial charge in [-0.2, -0.15) is 0 Å².